The highest BCUT2D eigenvalue weighted by Crippen LogP contribution is 2.22. The maximum atomic E-state index is 4.13. The van der Waals surface area contributed by atoms with Crippen molar-refractivity contribution in [2.75, 3.05) is 0 Å². The highest BCUT2D eigenvalue weighted by atomic mass is 127. The first-order chi connectivity index (χ1) is 5.77. The van der Waals surface area contributed by atoms with Gasteiger partial charge in [0.2, 0.25) is 0 Å². The zero-order chi connectivity index (χ0) is 8.55. The van der Waals surface area contributed by atoms with Gasteiger partial charge in [0.1, 0.15) is 0 Å². The Kier molecular flexibility index (Phi) is 2.32. The Balaban J connectivity index is 2.86. The van der Waals surface area contributed by atoms with Crippen LogP contribution in [0.15, 0.2) is 35.1 Å². The molecule has 0 saturated carbocycles. The van der Waals surface area contributed by atoms with E-state index < -0.39 is 0 Å². The van der Waals surface area contributed by atoms with Gasteiger partial charge >= 0.3 is 0 Å². The second-order valence-corrected chi connectivity index (χ2v) is 4.56. The first-order valence-corrected chi connectivity index (χ1v) is 5.33. The molecule has 0 aliphatic carbocycles. The van der Waals surface area contributed by atoms with Gasteiger partial charge in [0.05, 0.1) is 0 Å². The lowest BCUT2D eigenvalue weighted by atomic mass is 10.2. The third kappa shape index (κ3) is 1.47. The average Bonchev–Trinajstić information content (AvgIpc) is 2.04. The Morgan fingerprint density at radius 3 is 2.92 bits per heavy atom. The van der Waals surface area contributed by atoms with Crippen LogP contribution < -0.4 is 0 Å². The molecule has 0 radical (unpaired) electrons. The highest BCUT2D eigenvalue weighted by Gasteiger charge is 1.97. The largest absolute Gasteiger partial charge is 0.263 e. The van der Waals surface area contributed by atoms with Gasteiger partial charge in [0.25, 0.3) is 0 Å². The Morgan fingerprint density at radius 2 is 2.08 bits per heavy atom. The first-order valence-electron chi connectivity index (χ1n) is 3.46. The van der Waals surface area contributed by atoms with E-state index in [1.54, 1.807) is 0 Å². The number of hydrogen-bond donors (Lipinski definition) is 0. The Bertz CT molecular complexity index is 428. The second kappa shape index (κ2) is 3.30. The molecule has 2 aromatic rings. The van der Waals surface area contributed by atoms with Gasteiger partial charge in [-0.05, 0) is 40.1 Å². The highest BCUT2D eigenvalue weighted by molar-refractivity contribution is 14.1. The minimum Gasteiger partial charge on any atom is -0.263 e. The van der Waals surface area contributed by atoms with E-state index in [0.29, 0.717) is 0 Å². The number of benzene rings is 1. The summed E-state index contributed by atoms with van der Waals surface area (Å²) in [5, 5.41) is 2.44. The molecule has 0 saturated heterocycles. The van der Waals surface area contributed by atoms with Crippen LogP contribution in [0.1, 0.15) is 0 Å². The van der Waals surface area contributed by atoms with Crippen LogP contribution in [0.25, 0.3) is 10.8 Å². The topological polar surface area (TPSA) is 12.9 Å². The van der Waals surface area contributed by atoms with E-state index in [0.717, 1.165) is 4.47 Å². The van der Waals surface area contributed by atoms with E-state index in [-0.39, 0.29) is 0 Å². The molecule has 1 aromatic heterocycles. The molecule has 60 valence electrons. The quantitative estimate of drug-likeness (QED) is 0.671. The number of fused-ring (bicyclic) bond motifs is 1. The zero-order valence-corrected chi connectivity index (χ0v) is 9.83. The van der Waals surface area contributed by atoms with E-state index in [1.807, 2.05) is 18.5 Å². The number of hydrogen-bond acceptors (Lipinski definition) is 1. The summed E-state index contributed by atoms with van der Waals surface area (Å²) in [5.74, 6) is 0. The third-order valence-electron chi connectivity index (χ3n) is 1.67. The molecule has 0 aliphatic heterocycles. The van der Waals surface area contributed by atoms with Crippen molar-refractivity contribution in [1.29, 1.82) is 0 Å². The van der Waals surface area contributed by atoms with Crippen molar-refractivity contribution in [3.05, 3.63) is 38.6 Å². The SMILES string of the molecule is Brc1ccc2c(I)cncc2c1. The standard InChI is InChI=1S/C9H5BrIN/c10-7-1-2-8-6(3-7)4-12-5-9(8)11/h1-5H. The fourth-order valence-electron chi connectivity index (χ4n) is 1.11. The van der Waals surface area contributed by atoms with Gasteiger partial charge in [-0.3, -0.25) is 4.98 Å². The number of rotatable bonds is 0. The summed E-state index contributed by atoms with van der Waals surface area (Å²) >= 11 is 5.72. The molecular weight excluding hydrogens is 329 g/mol. The van der Waals surface area contributed by atoms with Crippen molar-refractivity contribution in [2.45, 2.75) is 0 Å². The van der Waals surface area contributed by atoms with E-state index in [9.17, 15) is 0 Å². The van der Waals surface area contributed by atoms with Crippen molar-refractivity contribution in [1.82, 2.24) is 4.98 Å². The summed E-state index contributed by atoms with van der Waals surface area (Å²) in [4.78, 5) is 4.13. The van der Waals surface area contributed by atoms with Gasteiger partial charge in [-0.2, -0.15) is 0 Å². The summed E-state index contributed by atoms with van der Waals surface area (Å²) in [6.45, 7) is 0. The number of pyridine rings is 1. The van der Waals surface area contributed by atoms with Gasteiger partial charge in [0.15, 0.2) is 0 Å². The maximum absolute atomic E-state index is 4.13. The lowest BCUT2D eigenvalue weighted by Crippen LogP contribution is -1.79. The lowest BCUT2D eigenvalue weighted by Gasteiger charge is -1.99. The van der Waals surface area contributed by atoms with Gasteiger partial charge < -0.3 is 0 Å². The van der Waals surface area contributed by atoms with Gasteiger partial charge in [-0.25, -0.2) is 0 Å². The Labute approximate surface area is 92.5 Å². The molecule has 0 atom stereocenters. The van der Waals surface area contributed by atoms with Crippen LogP contribution >= 0.6 is 38.5 Å². The zero-order valence-electron chi connectivity index (χ0n) is 6.09. The summed E-state index contributed by atoms with van der Waals surface area (Å²) in [6.07, 6.45) is 3.75. The van der Waals surface area contributed by atoms with Crippen molar-refractivity contribution in [3.8, 4) is 0 Å². The molecule has 2 rings (SSSR count). The van der Waals surface area contributed by atoms with Crippen LogP contribution in [0, 0.1) is 3.57 Å². The van der Waals surface area contributed by atoms with Crippen LogP contribution in [0.5, 0.6) is 0 Å². The molecule has 3 heteroatoms. The smallest absolute Gasteiger partial charge is 0.0408 e. The van der Waals surface area contributed by atoms with Gasteiger partial charge in [0, 0.05) is 25.8 Å². The van der Waals surface area contributed by atoms with Crippen LogP contribution in [0.3, 0.4) is 0 Å². The molecule has 0 bridgehead atoms. The lowest BCUT2D eigenvalue weighted by molar-refractivity contribution is 1.34. The predicted molar refractivity (Wildman–Crippen MR) is 62.2 cm³/mol. The fourth-order valence-corrected chi connectivity index (χ4v) is 2.14. The van der Waals surface area contributed by atoms with Gasteiger partial charge in [-0.1, -0.05) is 22.0 Å². The molecular formula is C9H5BrIN. The van der Waals surface area contributed by atoms with Crippen LogP contribution in [0.4, 0.5) is 0 Å². The number of nitrogens with zero attached hydrogens (tertiary/aromatic N) is 1. The van der Waals surface area contributed by atoms with Crippen molar-refractivity contribution >= 4 is 49.3 Å². The molecule has 12 heavy (non-hydrogen) atoms. The van der Waals surface area contributed by atoms with E-state index in [2.05, 4.69) is 55.6 Å². The molecule has 1 nitrogen and oxygen atoms in total. The minimum atomic E-state index is 1.10. The fraction of sp³-hybridized carbons (Fsp3) is 0. The van der Waals surface area contributed by atoms with Crippen molar-refractivity contribution in [3.63, 3.8) is 0 Å². The minimum absolute atomic E-state index is 1.10. The number of halogens is 2. The molecule has 0 aliphatic rings. The Morgan fingerprint density at radius 1 is 1.25 bits per heavy atom. The Hall–Kier alpha value is -0.160. The maximum Gasteiger partial charge on any atom is 0.0408 e. The average molecular weight is 334 g/mol. The summed E-state index contributed by atoms with van der Waals surface area (Å²) in [7, 11) is 0. The second-order valence-electron chi connectivity index (χ2n) is 2.49. The van der Waals surface area contributed by atoms with Crippen LogP contribution in [0.2, 0.25) is 0 Å². The van der Waals surface area contributed by atoms with Gasteiger partial charge in [-0.15, -0.1) is 0 Å². The predicted octanol–water partition coefficient (Wildman–Crippen LogP) is 3.60. The normalized spacial score (nSPS) is 10.5. The number of aromatic nitrogens is 1. The molecule has 0 fully saturated rings. The molecule has 1 aromatic carbocycles. The van der Waals surface area contributed by atoms with Crippen molar-refractivity contribution in [2.24, 2.45) is 0 Å². The summed E-state index contributed by atoms with van der Waals surface area (Å²) < 4.78 is 2.29. The third-order valence-corrected chi connectivity index (χ3v) is 3.03. The summed E-state index contributed by atoms with van der Waals surface area (Å²) in [5.41, 5.74) is 0. The van der Waals surface area contributed by atoms with E-state index >= 15 is 0 Å². The molecule has 0 amide bonds. The molecule has 0 unspecified atom stereocenters. The molecule has 1 heterocycles. The van der Waals surface area contributed by atoms with Crippen LogP contribution in [-0.4, -0.2) is 4.98 Å². The molecule has 0 spiro atoms. The van der Waals surface area contributed by atoms with E-state index in [4.69, 9.17) is 0 Å². The summed E-state index contributed by atoms with van der Waals surface area (Å²) in [6, 6.07) is 6.22. The molecule has 0 N–H and O–H groups in total. The van der Waals surface area contributed by atoms with E-state index in [1.165, 1.54) is 14.3 Å². The van der Waals surface area contributed by atoms with Crippen LogP contribution in [-0.2, 0) is 0 Å². The monoisotopic (exact) mass is 333 g/mol. The first kappa shape index (κ1) is 8.44. The van der Waals surface area contributed by atoms with Crippen molar-refractivity contribution < 1.29 is 0 Å².